The number of amides is 1. The van der Waals surface area contributed by atoms with Gasteiger partial charge in [-0.15, -0.1) is 0 Å². The normalized spacial score (nSPS) is 10.8. The monoisotopic (exact) mass is 254 g/mol. The Morgan fingerprint density at radius 3 is 2.78 bits per heavy atom. The summed E-state index contributed by atoms with van der Waals surface area (Å²) in [6, 6.07) is 1.34. The lowest BCUT2D eigenvalue weighted by atomic mass is 10.2. The quantitative estimate of drug-likeness (QED) is 0.687. The number of alkyl carbamates (subject to hydrolysis) is 1. The molecule has 0 aliphatic heterocycles. The smallest absolute Gasteiger partial charge is 0.407 e. The Bertz CT molecular complexity index is 450. The molecule has 0 spiro atoms. The molecular formula is C11H18N4O3. The third-order valence-electron chi connectivity index (χ3n) is 1.78. The van der Waals surface area contributed by atoms with E-state index in [1.807, 2.05) is 0 Å². The number of hydrogen-bond donors (Lipinski definition) is 3. The van der Waals surface area contributed by atoms with E-state index in [-0.39, 0.29) is 5.56 Å². The summed E-state index contributed by atoms with van der Waals surface area (Å²) in [6.45, 7) is 6.22. The second-order valence-corrected chi connectivity index (χ2v) is 4.65. The van der Waals surface area contributed by atoms with Gasteiger partial charge in [-0.05, 0) is 20.8 Å². The summed E-state index contributed by atoms with van der Waals surface area (Å²) in [5.74, 6) is 0.463. The van der Waals surface area contributed by atoms with Crippen LogP contribution in [0.3, 0.4) is 0 Å². The van der Waals surface area contributed by atoms with Crippen molar-refractivity contribution in [1.82, 2.24) is 15.3 Å². The van der Waals surface area contributed by atoms with Gasteiger partial charge in [0.15, 0.2) is 0 Å². The summed E-state index contributed by atoms with van der Waals surface area (Å²) in [5.41, 5.74) is -0.737. The maximum absolute atomic E-state index is 11.3. The lowest BCUT2D eigenvalue weighted by molar-refractivity contribution is 0.0530. The van der Waals surface area contributed by atoms with Crippen LogP contribution in [-0.2, 0) is 4.74 Å². The average Bonchev–Trinajstić information content (AvgIpc) is 2.22. The van der Waals surface area contributed by atoms with Crippen molar-refractivity contribution in [2.45, 2.75) is 26.4 Å². The molecular weight excluding hydrogens is 236 g/mol. The minimum Gasteiger partial charge on any atom is -0.444 e. The molecule has 0 atom stereocenters. The number of ether oxygens (including phenoxy) is 1. The summed E-state index contributed by atoms with van der Waals surface area (Å²) < 4.78 is 5.06. The highest BCUT2D eigenvalue weighted by Crippen LogP contribution is 2.06. The van der Waals surface area contributed by atoms with Gasteiger partial charge in [-0.3, -0.25) is 4.79 Å². The second kappa shape index (κ2) is 6.04. The van der Waals surface area contributed by atoms with Crippen molar-refractivity contribution < 1.29 is 9.53 Å². The van der Waals surface area contributed by atoms with Gasteiger partial charge in [0.2, 0.25) is 0 Å². The largest absolute Gasteiger partial charge is 0.444 e. The number of hydrogen-bond acceptors (Lipinski definition) is 5. The van der Waals surface area contributed by atoms with Gasteiger partial charge in [-0.2, -0.15) is 0 Å². The van der Waals surface area contributed by atoms with E-state index in [1.165, 1.54) is 12.4 Å². The van der Waals surface area contributed by atoms with E-state index < -0.39 is 11.7 Å². The molecule has 3 N–H and O–H groups in total. The summed E-state index contributed by atoms with van der Waals surface area (Å²) in [6.07, 6.45) is 0.842. The highest BCUT2D eigenvalue weighted by Gasteiger charge is 2.15. The maximum atomic E-state index is 11.3. The third kappa shape index (κ3) is 5.88. The van der Waals surface area contributed by atoms with Crippen LogP contribution >= 0.6 is 0 Å². The Balaban J connectivity index is 2.23. The topological polar surface area (TPSA) is 96.1 Å². The van der Waals surface area contributed by atoms with Gasteiger partial charge in [0.25, 0.3) is 5.56 Å². The average molecular weight is 254 g/mol. The molecule has 0 aliphatic carbocycles. The van der Waals surface area contributed by atoms with E-state index in [0.717, 1.165) is 0 Å². The molecule has 1 aromatic heterocycles. The van der Waals surface area contributed by atoms with E-state index in [2.05, 4.69) is 20.6 Å². The number of aromatic nitrogens is 2. The first kappa shape index (κ1) is 14.0. The zero-order valence-electron chi connectivity index (χ0n) is 10.7. The van der Waals surface area contributed by atoms with Crippen LogP contribution in [0.2, 0.25) is 0 Å². The minimum absolute atomic E-state index is 0.229. The first-order valence-corrected chi connectivity index (χ1v) is 5.62. The third-order valence-corrected chi connectivity index (χ3v) is 1.78. The fourth-order valence-corrected chi connectivity index (χ4v) is 1.13. The molecule has 0 unspecified atom stereocenters. The fourth-order valence-electron chi connectivity index (χ4n) is 1.13. The molecule has 1 amide bonds. The van der Waals surface area contributed by atoms with Crippen molar-refractivity contribution >= 4 is 11.9 Å². The lowest BCUT2D eigenvalue weighted by Gasteiger charge is -2.19. The molecule has 0 aromatic carbocycles. The summed E-state index contributed by atoms with van der Waals surface area (Å²) in [7, 11) is 0. The Hall–Kier alpha value is -2.05. The van der Waals surface area contributed by atoms with Crippen molar-refractivity contribution in [1.29, 1.82) is 0 Å². The van der Waals surface area contributed by atoms with Crippen molar-refractivity contribution in [3.63, 3.8) is 0 Å². The Morgan fingerprint density at radius 2 is 2.17 bits per heavy atom. The van der Waals surface area contributed by atoms with Crippen LogP contribution in [-0.4, -0.2) is 34.8 Å². The van der Waals surface area contributed by atoms with E-state index in [9.17, 15) is 9.59 Å². The lowest BCUT2D eigenvalue weighted by Crippen LogP contribution is -2.35. The van der Waals surface area contributed by atoms with E-state index in [1.54, 1.807) is 20.8 Å². The molecule has 7 heteroatoms. The van der Waals surface area contributed by atoms with Crippen LogP contribution in [0.4, 0.5) is 10.6 Å². The van der Waals surface area contributed by atoms with Gasteiger partial charge < -0.3 is 20.4 Å². The SMILES string of the molecule is CC(C)(C)OC(=O)NCCNc1cc(=O)[nH]cn1. The summed E-state index contributed by atoms with van der Waals surface area (Å²) >= 11 is 0. The predicted octanol–water partition coefficient (Wildman–Crippen LogP) is 0.706. The second-order valence-electron chi connectivity index (χ2n) is 4.65. The molecule has 0 fully saturated rings. The van der Waals surface area contributed by atoms with Crippen molar-refractivity contribution in [3.8, 4) is 0 Å². The van der Waals surface area contributed by atoms with Crippen molar-refractivity contribution in [2.75, 3.05) is 18.4 Å². The molecule has 7 nitrogen and oxygen atoms in total. The predicted molar refractivity (Wildman–Crippen MR) is 67.6 cm³/mol. The van der Waals surface area contributed by atoms with Gasteiger partial charge >= 0.3 is 6.09 Å². The van der Waals surface area contributed by atoms with Crippen LogP contribution in [0.1, 0.15) is 20.8 Å². The highest BCUT2D eigenvalue weighted by molar-refractivity contribution is 5.67. The summed E-state index contributed by atoms with van der Waals surface area (Å²) in [5, 5.41) is 5.49. The first-order chi connectivity index (χ1) is 8.37. The number of aromatic amines is 1. The van der Waals surface area contributed by atoms with E-state index in [0.29, 0.717) is 18.9 Å². The van der Waals surface area contributed by atoms with Crippen LogP contribution in [0, 0.1) is 0 Å². The van der Waals surface area contributed by atoms with Crippen LogP contribution in [0.5, 0.6) is 0 Å². The van der Waals surface area contributed by atoms with E-state index >= 15 is 0 Å². The number of H-pyrrole nitrogens is 1. The molecule has 0 radical (unpaired) electrons. The van der Waals surface area contributed by atoms with Crippen LogP contribution in [0.15, 0.2) is 17.2 Å². The van der Waals surface area contributed by atoms with Crippen LogP contribution < -0.4 is 16.2 Å². The minimum atomic E-state index is -0.508. The van der Waals surface area contributed by atoms with Gasteiger partial charge in [-0.25, -0.2) is 9.78 Å². The molecule has 1 heterocycles. The molecule has 0 bridgehead atoms. The van der Waals surface area contributed by atoms with Gasteiger partial charge in [0, 0.05) is 19.2 Å². The molecule has 1 aromatic rings. The first-order valence-electron chi connectivity index (χ1n) is 5.62. The number of nitrogens with zero attached hydrogens (tertiary/aromatic N) is 1. The Labute approximate surface area is 105 Å². The maximum Gasteiger partial charge on any atom is 0.407 e. The van der Waals surface area contributed by atoms with Gasteiger partial charge in [0.1, 0.15) is 11.4 Å². The van der Waals surface area contributed by atoms with Gasteiger partial charge in [0.05, 0.1) is 6.33 Å². The molecule has 18 heavy (non-hydrogen) atoms. The Kier molecular flexibility index (Phi) is 4.70. The van der Waals surface area contributed by atoms with Crippen molar-refractivity contribution in [3.05, 3.63) is 22.7 Å². The van der Waals surface area contributed by atoms with Gasteiger partial charge in [-0.1, -0.05) is 0 Å². The summed E-state index contributed by atoms with van der Waals surface area (Å²) in [4.78, 5) is 28.6. The number of rotatable bonds is 4. The van der Waals surface area contributed by atoms with Crippen LogP contribution in [0.25, 0.3) is 0 Å². The number of anilines is 1. The molecule has 0 aliphatic rings. The number of nitrogens with one attached hydrogen (secondary N) is 3. The zero-order chi connectivity index (χ0) is 13.6. The van der Waals surface area contributed by atoms with Crippen molar-refractivity contribution in [2.24, 2.45) is 0 Å². The number of carbonyl (C=O) groups excluding carboxylic acids is 1. The Morgan fingerprint density at radius 1 is 1.44 bits per heavy atom. The van der Waals surface area contributed by atoms with E-state index in [4.69, 9.17) is 4.74 Å². The molecule has 0 saturated heterocycles. The molecule has 0 saturated carbocycles. The highest BCUT2D eigenvalue weighted by atomic mass is 16.6. The fraction of sp³-hybridized carbons (Fsp3) is 0.545. The number of carbonyl (C=O) groups is 1. The standard InChI is InChI=1S/C11H18N4O3/c1-11(2,3)18-10(17)13-5-4-12-8-6-9(16)15-7-14-8/h6-7H,4-5H2,1-3H3,(H,13,17)(H2,12,14,15,16). The molecule has 100 valence electrons. The molecule has 1 rings (SSSR count). The zero-order valence-corrected chi connectivity index (χ0v) is 10.7.